The zero-order valence-electron chi connectivity index (χ0n) is 10.9. The molecule has 18 heavy (non-hydrogen) atoms. The number of nitrogens with one attached hydrogen (secondary N) is 1. The molecule has 3 nitrogen and oxygen atoms in total. The summed E-state index contributed by atoms with van der Waals surface area (Å²) in [5.74, 6) is 0. The molecule has 0 unspecified atom stereocenters. The Morgan fingerprint density at radius 1 is 1.11 bits per heavy atom. The van der Waals surface area contributed by atoms with Crippen LogP contribution in [-0.2, 0) is 13.1 Å². The zero-order valence-corrected chi connectivity index (χ0v) is 10.9. The summed E-state index contributed by atoms with van der Waals surface area (Å²) in [7, 11) is 4.05. The number of para-hydroxylation sites is 1. The highest BCUT2D eigenvalue weighted by Crippen LogP contribution is 2.15. The van der Waals surface area contributed by atoms with Crippen LogP contribution in [0.2, 0.25) is 0 Å². The molecule has 1 aromatic carbocycles. The first kappa shape index (κ1) is 12.6. The van der Waals surface area contributed by atoms with Gasteiger partial charge in [-0.25, -0.2) is 0 Å². The molecule has 0 bridgehead atoms. The second kappa shape index (κ2) is 6.17. The summed E-state index contributed by atoms with van der Waals surface area (Å²) in [5, 5.41) is 3.18. The van der Waals surface area contributed by atoms with Gasteiger partial charge in [0.15, 0.2) is 0 Å². The van der Waals surface area contributed by atoms with Gasteiger partial charge in [0.25, 0.3) is 0 Å². The van der Waals surface area contributed by atoms with Gasteiger partial charge >= 0.3 is 0 Å². The van der Waals surface area contributed by atoms with Crippen molar-refractivity contribution in [1.82, 2.24) is 10.3 Å². The summed E-state index contributed by atoms with van der Waals surface area (Å²) >= 11 is 0. The van der Waals surface area contributed by atoms with E-state index in [1.165, 1.54) is 11.3 Å². The molecule has 2 rings (SSSR count). The summed E-state index contributed by atoms with van der Waals surface area (Å²) in [6.07, 6.45) is 1.85. The fourth-order valence-corrected chi connectivity index (χ4v) is 1.96. The predicted octanol–water partition coefficient (Wildman–Crippen LogP) is 2.44. The first-order valence-electron chi connectivity index (χ1n) is 6.15. The molecule has 0 spiro atoms. The standard InChI is InChI=1S/C15H19N3/c1-16-11-13-7-6-10-17-15(13)12-18(2)14-8-4-3-5-9-14/h3-10,16H,11-12H2,1-2H3. The molecule has 0 saturated heterocycles. The molecule has 0 radical (unpaired) electrons. The van der Waals surface area contributed by atoms with E-state index >= 15 is 0 Å². The van der Waals surface area contributed by atoms with E-state index in [1.54, 1.807) is 0 Å². The van der Waals surface area contributed by atoms with Crippen LogP contribution in [-0.4, -0.2) is 19.1 Å². The number of rotatable bonds is 5. The molecule has 94 valence electrons. The molecule has 2 aromatic rings. The molecule has 0 amide bonds. The van der Waals surface area contributed by atoms with Crippen LogP contribution in [0, 0.1) is 0 Å². The van der Waals surface area contributed by atoms with E-state index in [1.807, 2.05) is 25.4 Å². The van der Waals surface area contributed by atoms with E-state index in [9.17, 15) is 0 Å². The molecule has 1 heterocycles. The summed E-state index contributed by atoms with van der Waals surface area (Å²) in [5.41, 5.74) is 3.58. The van der Waals surface area contributed by atoms with Crippen LogP contribution >= 0.6 is 0 Å². The van der Waals surface area contributed by atoms with Gasteiger partial charge in [-0.05, 0) is 30.8 Å². The smallest absolute Gasteiger partial charge is 0.0641 e. The van der Waals surface area contributed by atoms with Crippen molar-refractivity contribution in [3.05, 3.63) is 59.9 Å². The van der Waals surface area contributed by atoms with Crippen molar-refractivity contribution in [3.8, 4) is 0 Å². The maximum Gasteiger partial charge on any atom is 0.0641 e. The first-order valence-corrected chi connectivity index (χ1v) is 6.15. The van der Waals surface area contributed by atoms with Crippen molar-refractivity contribution in [2.75, 3.05) is 19.0 Å². The highest BCUT2D eigenvalue weighted by atomic mass is 15.1. The van der Waals surface area contributed by atoms with Gasteiger partial charge in [-0.3, -0.25) is 4.98 Å². The fourth-order valence-electron chi connectivity index (χ4n) is 1.96. The molecule has 0 fully saturated rings. The van der Waals surface area contributed by atoms with Crippen molar-refractivity contribution >= 4 is 5.69 Å². The molecule has 0 aliphatic rings. The number of hydrogen-bond donors (Lipinski definition) is 1. The minimum atomic E-state index is 0.821. The van der Waals surface area contributed by atoms with Crippen molar-refractivity contribution in [1.29, 1.82) is 0 Å². The van der Waals surface area contributed by atoms with E-state index in [0.29, 0.717) is 0 Å². The fraction of sp³-hybridized carbons (Fsp3) is 0.267. The lowest BCUT2D eigenvalue weighted by Gasteiger charge is -2.20. The van der Waals surface area contributed by atoms with Gasteiger partial charge in [0.2, 0.25) is 0 Å². The Balaban J connectivity index is 2.14. The average Bonchev–Trinajstić information content (AvgIpc) is 2.42. The Morgan fingerprint density at radius 3 is 2.61 bits per heavy atom. The molecule has 3 heteroatoms. The minimum absolute atomic E-state index is 0.821. The summed E-state index contributed by atoms with van der Waals surface area (Å²) in [6, 6.07) is 14.5. The molecule has 0 aliphatic carbocycles. The van der Waals surface area contributed by atoms with Crippen LogP contribution in [0.5, 0.6) is 0 Å². The highest BCUT2D eigenvalue weighted by molar-refractivity contribution is 5.45. The van der Waals surface area contributed by atoms with Crippen LogP contribution in [0.25, 0.3) is 0 Å². The maximum absolute atomic E-state index is 4.48. The number of nitrogens with zero attached hydrogens (tertiary/aromatic N) is 2. The third kappa shape index (κ3) is 3.08. The van der Waals surface area contributed by atoms with Gasteiger partial charge < -0.3 is 10.2 Å². The Bertz CT molecular complexity index is 482. The Morgan fingerprint density at radius 2 is 1.89 bits per heavy atom. The SMILES string of the molecule is CNCc1cccnc1CN(C)c1ccccc1. The van der Waals surface area contributed by atoms with E-state index in [0.717, 1.165) is 18.8 Å². The van der Waals surface area contributed by atoms with Gasteiger partial charge in [0, 0.05) is 25.5 Å². The molecule has 1 N–H and O–H groups in total. The maximum atomic E-state index is 4.48. The normalized spacial score (nSPS) is 10.3. The minimum Gasteiger partial charge on any atom is -0.369 e. The van der Waals surface area contributed by atoms with Crippen molar-refractivity contribution < 1.29 is 0 Å². The van der Waals surface area contributed by atoms with Gasteiger partial charge in [0.1, 0.15) is 0 Å². The van der Waals surface area contributed by atoms with Gasteiger partial charge in [-0.15, -0.1) is 0 Å². The van der Waals surface area contributed by atoms with Crippen LogP contribution in [0.1, 0.15) is 11.3 Å². The third-order valence-electron chi connectivity index (χ3n) is 2.94. The van der Waals surface area contributed by atoms with Crippen LogP contribution in [0.15, 0.2) is 48.7 Å². The number of anilines is 1. The number of aromatic nitrogens is 1. The molecule has 0 atom stereocenters. The lowest BCUT2D eigenvalue weighted by atomic mass is 10.1. The number of pyridine rings is 1. The van der Waals surface area contributed by atoms with E-state index in [4.69, 9.17) is 0 Å². The predicted molar refractivity (Wildman–Crippen MR) is 75.5 cm³/mol. The van der Waals surface area contributed by atoms with E-state index in [2.05, 4.69) is 52.6 Å². The average molecular weight is 241 g/mol. The topological polar surface area (TPSA) is 28.2 Å². The Labute approximate surface area is 108 Å². The third-order valence-corrected chi connectivity index (χ3v) is 2.94. The Hall–Kier alpha value is -1.87. The molecular formula is C15H19N3. The van der Waals surface area contributed by atoms with Gasteiger partial charge in [0.05, 0.1) is 12.2 Å². The monoisotopic (exact) mass is 241 g/mol. The lowest BCUT2D eigenvalue weighted by molar-refractivity contribution is 0.779. The lowest BCUT2D eigenvalue weighted by Crippen LogP contribution is -2.19. The molecule has 1 aromatic heterocycles. The first-order chi connectivity index (χ1) is 8.81. The Kier molecular flexibility index (Phi) is 4.31. The largest absolute Gasteiger partial charge is 0.369 e. The second-order valence-electron chi connectivity index (χ2n) is 4.33. The van der Waals surface area contributed by atoms with Gasteiger partial charge in [-0.1, -0.05) is 24.3 Å². The number of hydrogen-bond acceptors (Lipinski definition) is 3. The van der Waals surface area contributed by atoms with Crippen LogP contribution < -0.4 is 10.2 Å². The summed E-state index contributed by atoms with van der Waals surface area (Å²) in [4.78, 5) is 6.69. The summed E-state index contributed by atoms with van der Waals surface area (Å²) < 4.78 is 0. The van der Waals surface area contributed by atoms with E-state index < -0.39 is 0 Å². The second-order valence-corrected chi connectivity index (χ2v) is 4.33. The van der Waals surface area contributed by atoms with E-state index in [-0.39, 0.29) is 0 Å². The van der Waals surface area contributed by atoms with Crippen LogP contribution in [0.4, 0.5) is 5.69 Å². The quantitative estimate of drug-likeness (QED) is 0.871. The van der Waals surface area contributed by atoms with Crippen molar-refractivity contribution in [2.45, 2.75) is 13.1 Å². The summed E-state index contributed by atoms with van der Waals surface area (Å²) in [6.45, 7) is 1.67. The zero-order chi connectivity index (χ0) is 12.8. The highest BCUT2D eigenvalue weighted by Gasteiger charge is 2.06. The van der Waals surface area contributed by atoms with Crippen LogP contribution in [0.3, 0.4) is 0 Å². The molecule has 0 saturated carbocycles. The molecule has 0 aliphatic heterocycles. The van der Waals surface area contributed by atoms with Crippen molar-refractivity contribution in [3.63, 3.8) is 0 Å². The number of benzene rings is 1. The van der Waals surface area contributed by atoms with Gasteiger partial charge in [-0.2, -0.15) is 0 Å². The van der Waals surface area contributed by atoms with Crippen molar-refractivity contribution in [2.24, 2.45) is 0 Å². The molecular weight excluding hydrogens is 222 g/mol.